The zero-order valence-electron chi connectivity index (χ0n) is 22.7. The van der Waals surface area contributed by atoms with E-state index in [4.69, 9.17) is 14.2 Å². The van der Waals surface area contributed by atoms with Gasteiger partial charge in [-0.15, -0.1) is 0 Å². The maximum Gasteiger partial charge on any atom is 0.411 e. The van der Waals surface area contributed by atoms with Crippen LogP contribution in [0.15, 0.2) is 54.9 Å². The summed E-state index contributed by atoms with van der Waals surface area (Å²) in [5.74, 6) is 0.604. The summed E-state index contributed by atoms with van der Waals surface area (Å²) in [7, 11) is 3.50. The van der Waals surface area contributed by atoms with Crippen molar-refractivity contribution in [3.8, 4) is 16.9 Å². The van der Waals surface area contributed by atoms with Crippen LogP contribution in [0.5, 0.6) is 5.75 Å². The van der Waals surface area contributed by atoms with E-state index in [-0.39, 0.29) is 6.79 Å². The monoisotopic (exact) mass is 515 g/mol. The minimum absolute atomic E-state index is 0.0557. The van der Waals surface area contributed by atoms with Crippen molar-refractivity contribution in [3.05, 3.63) is 71.7 Å². The number of carbonyl (C=O) groups excluding carboxylic acids is 1. The van der Waals surface area contributed by atoms with Crippen molar-refractivity contribution in [2.75, 3.05) is 20.4 Å². The lowest BCUT2D eigenvalue weighted by Gasteiger charge is -2.52. The number of ether oxygens (including phenoxy) is 3. The third-order valence-corrected chi connectivity index (χ3v) is 6.77. The van der Waals surface area contributed by atoms with E-state index >= 15 is 0 Å². The van der Waals surface area contributed by atoms with Crippen molar-refractivity contribution >= 4 is 17.0 Å². The van der Waals surface area contributed by atoms with Crippen molar-refractivity contribution in [2.45, 2.75) is 45.3 Å². The van der Waals surface area contributed by atoms with Gasteiger partial charge in [0.05, 0.1) is 11.2 Å². The van der Waals surface area contributed by atoms with Crippen LogP contribution in [0, 0.1) is 6.92 Å². The van der Waals surface area contributed by atoms with Gasteiger partial charge < -0.3 is 14.2 Å². The maximum absolute atomic E-state index is 13.4. The normalized spacial score (nSPS) is 17.4. The summed E-state index contributed by atoms with van der Waals surface area (Å²) in [6, 6.07) is 14.0. The molecule has 3 heterocycles. The standard InChI is InChI=1S/C29H33N5O4/c1-19-14-21(15-22-17-33(5)32-26(19)22)20-9-10-23(24(16-20)37-18-36-6)29(25-8-7-12-30-31-25)11-13-34(29)27(35)38-28(2,3)4/h7-10,12,14-17H,11,13,18H2,1-6H3. The van der Waals surface area contributed by atoms with Gasteiger partial charge in [-0.1, -0.05) is 12.1 Å². The van der Waals surface area contributed by atoms with Gasteiger partial charge in [-0.25, -0.2) is 4.79 Å². The summed E-state index contributed by atoms with van der Waals surface area (Å²) in [6.45, 7) is 8.21. The Bertz CT molecular complexity index is 1480. The summed E-state index contributed by atoms with van der Waals surface area (Å²) in [6.07, 6.45) is 3.87. The molecule has 0 spiro atoms. The topological polar surface area (TPSA) is 91.6 Å². The first kappa shape index (κ1) is 25.7. The second kappa shape index (κ2) is 9.72. The number of methoxy groups -OCH3 is 1. The van der Waals surface area contributed by atoms with Crippen molar-refractivity contribution in [2.24, 2.45) is 7.05 Å². The number of hydrogen-bond acceptors (Lipinski definition) is 7. The number of aromatic nitrogens is 4. The largest absolute Gasteiger partial charge is 0.467 e. The van der Waals surface area contributed by atoms with E-state index in [1.165, 1.54) is 0 Å². The molecule has 0 N–H and O–H groups in total. The molecule has 198 valence electrons. The zero-order chi connectivity index (χ0) is 27.1. The summed E-state index contributed by atoms with van der Waals surface area (Å²) in [5.41, 5.74) is 4.02. The Hall–Kier alpha value is -3.98. The van der Waals surface area contributed by atoms with Gasteiger partial charge in [-0.2, -0.15) is 15.3 Å². The first-order valence-corrected chi connectivity index (χ1v) is 12.6. The van der Waals surface area contributed by atoms with Crippen LogP contribution < -0.4 is 4.74 Å². The third kappa shape index (κ3) is 4.58. The van der Waals surface area contributed by atoms with Crippen LogP contribution in [0.25, 0.3) is 22.0 Å². The molecule has 2 aromatic heterocycles. The van der Waals surface area contributed by atoms with Crippen molar-refractivity contribution in [1.82, 2.24) is 24.9 Å². The molecule has 0 aliphatic carbocycles. The molecule has 0 saturated carbocycles. The van der Waals surface area contributed by atoms with Crippen molar-refractivity contribution < 1.29 is 19.0 Å². The molecule has 38 heavy (non-hydrogen) atoms. The van der Waals surface area contributed by atoms with E-state index < -0.39 is 17.2 Å². The maximum atomic E-state index is 13.4. The van der Waals surface area contributed by atoms with Crippen LogP contribution in [-0.2, 0) is 22.1 Å². The van der Waals surface area contributed by atoms with Crippen LogP contribution in [0.4, 0.5) is 4.79 Å². The minimum Gasteiger partial charge on any atom is -0.467 e. The molecule has 9 nitrogen and oxygen atoms in total. The van der Waals surface area contributed by atoms with Crippen LogP contribution in [0.2, 0.25) is 0 Å². The molecule has 0 radical (unpaired) electrons. The molecule has 1 amide bonds. The quantitative estimate of drug-likeness (QED) is 0.326. The van der Waals surface area contributed by atoms with E-state index in [1.807, 2.05) is 63.0 Å². The van der Waals surface area contributed by atoms with E-state index in [1.54, 1.807) is 18.2 Å². The van der Waals surface area contributed by atoms with E-state index in [2.05, 4.69) is 40.4 Å². The Morgan fingerprint density at radius 3 is 2.61 bits per heavy atom. The Labute approximate surface area is 222 Å². The highest BCUT2D eigenvalue weighted by atomic mass is 16.7. The zero-order valence-corrected chi connectivity index (χ0v) is 22.7. The molecule has 1 unspecified atom stereocenters. The highest BCUT2D eigenvalue weighted by Gasteiger charge is 2.54. The molecule has 2 aromatic carbocycles. The number of nitrogens with zero attached hydrogens (tertiary/aromatic N) is 5. The molecular weight excluding hydrogens is 482 g/mol. The van der Waals surface area contributed by atoms with E-state index in [0.717, 1.165) is 33.2 Å². The number of hydrogen-bond donors (Lipinski definition) is 0. The summed E-state index contributed by atoms with van der Waals surface area (Å²) in [5, 5.41) is 14.2. The molecule has 1 aliphatic heterocycles. The predicted octanol–water partition coefficient (Wildman–Crippen LogP) is 5.21. The van der Waals surface area contributed by atoms with Crippen LogP contribution >= 0.6 is 0 Å². The van der Waals surface area contributed by atoms with Gasteiger partial charge in [0.2, 0.25) is 0 Å². The van der Waals surface area contributed by atoms with Gasteiger partial charge in [0.25, 0.3) is 0 Å². The first-order chi connectivity index (χ1) is 18.1. The fourth-order valence-electron chi connectivity index (χ4n) is 5.10. The SMILES string of the molecule is COCOc1cc(-c2cc(C)c3nn(C)cc3c2)ccc1C1(c2cccnn2)CCN1C(=O)OC(C)(C)C. The Kier molecular flexibility index (Phi) is 6.56. The Balaban J connectivity index is 1.64. The molecule has 0 bridgehead atoms. The van der Waals surface area contributed by atoms with E-state index in [0.29, 0.717) is 24.4 Å². The lowest BCUT2D eigenvalue weighted by molar-refractivity contribution is -0.0350. The Morgan fingerprint density at radius 2 is 1.95 bits per heavy atom. The predicted molar refractivity (Wildman–Crippen MR) is 144 cm³/mol. The molecule has 1 atom stereocenters. The second-order valence-electron chi connectivity index (χ2n) is 10.6. The summed E-state index contributed by atoms with van der Waals surface area (Å²) >= 11 is 0. The third-order valence-electron chi connectivity index (χ3n) is 6.77. The van der Waals surface area contributed by atoms with Gasteiger partial charge in [-0.05, 0) is 81.1 Å². The average molecular weight is 516 g/mol. The van der Waals surface area contributed by atoms with Gasteiger partial charge in [-0.3, -0.25) is 9.58 Å². The van der Waals surface area contributed by atoms with Crippen LogP contribution in [0.3, 0.4) is 0 Å². The summed E-state index contributed by atoms with van der Waals surface area (Å²) in [4.78, 5) is 15.1. The molecule has 1 fully saturated rings. The number of likely N-dealkylation sites (tertiary alicyclic amines) is 1. The molecule has 4 aromatic rings. The number of rotatable bonds is 6. The Morgan fingerprint density at radius 1 is 1.13 bits per heavy atom. The van der Waals surface area contributed by atoms with Gasteiger partial charge in [0.1, 0.15) is 16.9 Å². The number of fused-ring (bicyclic) bond motifs is 1. The molecule has 9 heteroatoms. The van der Waals surface area contributed by atoms with E-state index in [9.17, 15) is 4.79 Å². The highest BCUT2D eigenvalue weighted by molar-refractivity contribution is 5.87. The highest BCUT2D eigenvalue weighted by Crippen LogP contribution is 2.50. The number of amides is 1. The van der Waals surface area contributed by atoms with Crippen molar-refractivity contribution in [1.29, 1.82) is 0 Å². The van der Waals surface area contributed by atoms with Crippen LogP contribution in [0.1, 0.15) is 44.0 Å². The number of benzene rings is 2. The molecule has 5 rings (SSSR count). The number of carbonyl (C=O) groups is 1. The fraction of sp³-hybridized carbons (Fsp3) is 0.379. The first-order valence-electron chi connectivity index (χ1n) is 12.6. The van der Waals surface area contributed by atoms with Gasteiger partial charge in [0.15, 0.2) is 6.79 Å². The average Bonchev–Trinajstić information content (AvgIpc) is 3.23. The smallest absolute Gasteiger partial charge is 0.411 e. The lowest BCUT2D eigenvalue weighted by atomic mass is 9.74. The van der Waals surface area contributed by atoms with Gasteiger partial charge >= 0.3 is 6.09 Å². The van der Waals surface area contributed by atoms with Crippen molar-refractivity contribution in [3.63, 3.8) is 0 Å². The van der Waals surface area contributed by atoms with Crippen LogP contribution in [-0.4, -0.2) is 57.0 Å². The number of aryl methyl sites for hydroxylation is 2. The summed E-state index contributed by atoms with van der Waals surface area (Å²) < 4.78 is 19.0. The molecule has 1 aliphatic rings. The second-order valence-corrected chi connectivity index (χ2v) is 10.6. The fourth-order valence-corrected chi connectivity index (χ4v) is 5.10. The van der Waals surface area contributed by atoms with Gasteiger partial charge in [0, 0.05) is 44.0 Å². The lowest BCUT2D eigenvalue weighted by Crippen LogP contribution is -2.61. The molecular formula is C29H33N5O4. The minimum atomic E-state index is -0.887. The molecule has 1 saturated heterocycles.